The van der Waals surface area contributed by atoms with E-state index in [1.807, 2.05) is 0 Å². The van der Waals surface area contributed by atoms with E-state index < -0.39 is 97.5 Å². The van der Waals surface area contributed by atoms with Crippen LogP contribution in [0.3, 0.4) is 0 Å². The van der Waals surface area contributed by atoms with Crippen LogP contribution in [0.15, 0.2) is 0 Å². The summed E-state index contributed by atoms with van der Waals surface area (Å²) in [7, 11) is -9.91. The molecule has 564 valence electrons. The summed E-state index contributed by atoms with van der Waals surface area (Å²) in [5.74, 6) is 0.199. The molecule has 5 atom stereocenters. The molecule has 2 unspecified atom stereocenters. The standard InChI is InChI=1S/C76H148O17P2/c1-8-9-10-11-12-26-36-43-50-57-73(78)86-63-72(93-76(81)60-53-46-39-32-31-35-42-49-56-69(6)7)66-91-95(84,85)89-62-70(77)61-88-94(82,83)90-65-71(64-87-74(79)58-51-44-37-29-24-21-17-19-23-28-34-41-48-55-68(4)5)92-75(80)59-52-45-38-30-25-20-16-14-13-15-18-22-27-33-40-47-54-67(2)3/h67-72,77H,8-66H2,1-7H3,(H,82,83)(H,84,85)/t70-,71-,72-/m1/s1. The second-order valence-electron chi connectivity index (χ2n) is 28.8. The largest absolute Gasteiger partial charge is 0.472 e. The maximum atomic E-state index is 13.1. The van der Waals surface area contributed by atoms with Crippen LogP contribution >= 0.6 is 15.6 Å². The highest BCUT2D eigenvalue weighted by Gasteiger charge is 2.30. The van der Waals surface area contributed by atoms with Crippen molar-refractivity contribution < 1.29 is 80.2 Å². The number of ether oxygens (including phenoxy) is 4. The summed E-state index contributed by atoms with van der Waals surface area (Å²) in [6.07, 6.45) is 52.8. The van der Waals surface area contributed by atoms with Crippen molar-refractivity contribution in [3.63, 3.8) is 0 Å². The van der Waals surface area contributed by atoms with E-state index in [-0.39, 0.29) is 25.7 Å². The Morgan fingerprint density at radius 1 is 0.284 bits per heavy atom. The molecule has 0 aliphatic heterocycles. The van der Waals surface area contributed by atoms with E-state index in [2.05, 4.69) is 48.5 Å². The second kappa shape index (κ2) is 66.6. The van der Waals surface area contributed by atoms with Crippen LogP contribution in [-0.4, -0.2) is 96.7 Å². The van der Waals surface area contributed by atoms with Gasteiger partial charge in [-0.1, -0.05) is 337 Å². The summed E-state index contributed by atoms with van der Waals surface area (Å²) in [6.45, 7) is 11.9. The first-order chi connectivity index (χ1) is 45.7. The molecule has 0 rings (SSSR count). The van der Waals surface area contributed by atoms with E-state index in [0.29, 0.717) is 25.7 Å². The first kappa shape index (κ1) is 93.1. The minimum atomic E-state index is -4.96. The molecular formula is C76H148O17P2. The Hall–Kier alpha value is -1.94. The monoisotopic (exact) mass is 1400 g/mol. The predicted octanol–water partition coefficient (Wildman–Crippen LogP) is 22.2. The molecule has 0 aromatic heterocycles. The summed E-state index contributed by atoms with van der Waals surface area (Å²) in [5, 5.41) is 10.6. The Bertz CT molecular complexity index is 1850. The van der Waals surface area contributed by atoms with Gasteiger partial charge in [-0.25, -0.2) is 9.13 Å². The van der Waals surface area contributed by atoms with E-state index in [0.717, 1.165) is 108 Å². The maximum Gasteiger partial charge on any atom is 0.472 e. The molecule has 0 heterocycles. The van der Waals surface area contributed by atoms with Crippen LogP contribution in [0, 0.1) is 17.8 Å². The van der Waals surface area contributed by atoms with Crippen molar-refractivity contribution in [3.05, 3.63) is 0 Å². The van der Waals surface area contributed by atoms with Crippen molar-refractivity contribution in [3.8, 4) is 0 Å². The molecule has 0 aromatic rings. The number of carbonyl (C=O) groups is 4. The predicted molar refractivity (Wildman–Crippen MR) is 386 cm³/mol. The number of phosphoric ester groups is 2. The lowest BCUT2D eigenvalue weighted by molar-refractivity contribution is -0.161. The molecule has 0 bridgehead atoms. The zero-order valence-corrected chi connectivity index (χ0v) is 63.9. The number of hydrogen-bond donors (Lipinski definition) is 3. The van der Waals surface area contributed by atoms with Crippen molar-refractivity contribution in [2.24, 2.45) is 17.8 Å². The molecule has 17 nitrogen and oxygen atoms in total. The second-order valence-corrected chi connectivity index (χ2v) is 31.7. The van der Waals surface area contributed by atoms with Gasteiger partial charge in [0.05, 0.1) is 26.4 Å². The van der Waals surface area contributed by atoms with Crippen LogP contribution in [0.1, 0.15) is 389 Å². The minimum absolute atomic E-state index is 0.104. The van der Waals surface area contributed by atoms with Gasteiger partial charge in [0.25, 0.3) is 0 Å². The fourth-order valence-corrected chi connectivity index (χ4v) is 13.2. The van der Waals surface area contributed by atoms with Crippen molar-refractivity contribution in [2.75, 3.05) is 39.6 Å². The highest BCUT2D eigenvalue weighted by atomic mass is 31.2. The summed E-state index contributed by atoms with van der Waals surface area (Å²) < 4.78 is 68.5. The van der Waals surface area contributed by atoms with E-state index in [9.17, 15) is 43.2 Å². The van der Waals surface area contributed by atoms with Crippen molar-refractivity contribution in [1.82, 2.24) is 0 Å². The molecule has 0 saturated carbocycles. The van der Waals surface area contributed by atoms with Gasteiger partial charge >= 0.3 is 39.5 Å². The summed E-state index contributed by atoms with van der Waals surface area (Å²) >= 11 is 0. The average molecular weight is 1400 g/mol. The lowest BCUT2D eigenvalue weighted by Crippen LogP contribution is -2.30. The Balaban J connectivity index is 5.22. The normalized spacial score (nSPS) is 14.1. The number of aliphatic hydroxyl groups is 1. The molecule has 0 spiro atoms. The first-order valence-corrected chi connectivity index (χ1v) is 42.3. The van der Waals surface area contributed by atoms with Gasteiger partial charge in [0.1, 0.15) is 19.3 Å². The molecule has 0 amide bonds. The molecule has 0 aromatic carbocycles. The van der Waals surface area contributed by atoms with E-state index in [1.54, 1.807) is 0 Å². The number of esters is 4. The summed E-state index contributed by atoms with van der Waals surface area (Å²) in [5.41, 5.74) is 0. The Kier molecular flexibility index (Phi) is 65.2. The van der Waals surface area contributed by atoms with E-state index >= 15 is 0 Å². The van der Waals surface area contributed by atoms with Crippen LogP contribution in [-0.2, 0) is 65.4 Å². The van der Waals surface area contributed by atoms with Gasteiger partial charge in [0.2, 0.25) is 0 Å². The van der Waals surface area contributed by atoms with Crippen LogP contribution in [0.4, 0.5) is 0 Å². The van der Waals surface area contributed by atoms with E-state index in [4.69, 9.17) is 37.0 Å². The van der Waals surface area contributed by atoms with Crippen LogP contribution in [0.25, 0.3) is 0 Å². The van der Waals surface area contributed by atoms with Gasteiger partial charge in [-0.3, -0.25) is 37.3 Å². The third-order valence-electron chi connectivity index (χ3n) is 17.6. The molecular weight excluding hydrogens is 1250 g/mol. The molecule has 0 fully saturated rings. The number of phosphoric acid groups is 2. The van der Waals surface area contributed by atoms with Crippen molar-refractivity contribution >= 4 is 39.5 Å². The number of rotatable bonds is 74. The first-order valence-electron chi connectivity index (χ1n) is 39.3. The van der Waals surface area contributed by atoms with Gasteiger partial charge in [0, 0.05) is 25.7 Å². The van der Waals surface area contributed by atoms with Gasteiger partial charge in [-0.2, -0.15) is 0 Å². The maximum absolute atomic E-state index is 13.1. The third-order valence-corrected chi connectivity index (χ3v) is 19.5. The third kappa shape index (κ3) is 70.3. The number of carbonyl (C=O) groups excluding carboxylic acids is 4. The van der Waals surface area contributed by atoms with Crippen LogP contribution in [0.2, 0.25) is 0 Å². The average Bonchev–Trinajstić information content (AvgIpc) is 1.53. The lowest BCUT2D eigenvalue weighted by Gasteiger charge is -2.21. The van der Waals surface area contributed by atoms with Crippen LogP contribution in [0.5, 0.6) is 0 Å². The van der Waals surface area contributed by atoms with Crippen molar-refractivity contribution in [2.45, 2.75) is 407 Å². The minimum Gasteiger partial charge on any atom is -0.462 e. The molecule has 0 radical (unpaired) electrons. The summed E-state index contributed by atoms with van der Waals surface area (Å²) in [4.78, 5) is 72.7. The highest BCUT2D eigenvalue weighted by molar-refractivity contribution is 7.47. The fourth-order valence-electron chi connectivity index (χ4n) is 11.6. The molecule has 0 aliphatic carbocycles. The zero-order valence-electron chi connectivity index (χ0n) is 62.1. The molecule has 95 heavy (non-hydrogen) atoms. The zero-order chi connectivity index (χ0) is 70.1. The van der Waals surface area contributed by atoms with Gasteiger partial charge in [0.15, 0.2) is 12.2 Å². The quantitative estimate of drug-likeness (QED) is 0.0222. The smallest absolute Gasteiger partial charge is 0.462 e. The number of hydrogen-bond acceptors (Lipinski definition) is 15. The molecule has 3 N–H and O–H groups in total. The Morgan fingerprint density at radius 3 is 0.716 bits per heavy atom. The van der Waals surface area contributed by atoms with Crippen LogP contribution < -0.4 is 0 Å². The Morgan fingerprint density at radius 2 is 0.484 bits per heavy atom. The number of unbranched alkanes of at least 4 members (excludes halogenated alkanes) is 42. The highest BCUT2D eigenvalue weighted by Crippen LogP contribution is 2.45. The molecule has 19 heteroatoms. The fraction of sp³-hybridized carbons (Fsp3) is 0.947. The van der Waals surface area contributed by atoms with Gasteiger partial charge in [-0.05, 0) is 43.4 Å². The Labute approximate surface area is 581 Å². The SMILES string of the molecule is CCCCCCCCCCCC(=O)OC[C@H](COP(=O)(O)OC[C@H](O)COP(=O)(O)OC[C@@H](COC(=O)CCCCCCCCCCCCCCCC(C)C)OC(=O)CCCCCCCCCCCCCCCCCCC(C)C)OC(=O)CCCCCCCCCCC(C)C. The van der Waals surface area contributed by atoms with E-state index in [1.165, 1.54) is 199 Å². The summed E-state index contributed by atoms with van der Waals surface area (Å²) in [6, 6.07) is 0. The number of aliphatic hydroxyl groups excluding tert-OH is 1. The molecule has 0 aliphatic rings. The topological polar surface area (TPSA) is 237 Å². The van der Waals surface area contributed by atoms with Gasteiger partial charge in [-0.15, -0.1) is 0 Å². The molecule has 0 saturated heterocycles. The van der Waals surface area contributed by atoms with Crippen molar-refractivity contribution in [1.29, 1.82) is 0 Å². The van der Waals surface area contributed by atoms with Gasteiger partial charge < -0.3 is 33.8 Å². The lowest BCUT2D eigenvalue weighted by atomic mass is 10.0.